The molecule has 0 atom stereocenters. The molecular formula is C20H41N5SSn. The van der Waals surface area contributed by atoms with E-state index in [9.17, 15) is 0 Å². The van der Waals surface area contributed by atoms with E-state index in [1.807, 2.05) is 0 Å². The molecule has 0 unspecified atom stereocenters. The molecule has 0 aliphatic rings. The molecule has 0 spiro atoms. The van der Waals surface area contributed by atoms with E-state index in [1.165, 1.54) is 51.8 Å². The van der Waals surface area contributed by atoms with Crippen LogP contribution in [-0.4, -0.2) is 44.5 Å². The maximum atomic E-state index is 4.81. The molecule has 156 valence electrons. The van der Waals surface area contributed by atoms with Gasteiger partial charge in [0.05, 0.1) is 0 Å². The van der Waals surface area contributed by atoms with Gasteiger partial charge in [0.15, 0.2) is 0 Å². The molecule has 0 fully saturated rings. The molecule has 0 aromatic carbocycles. The second-order valence-electron chi connectivity index (χ2n) is 7.69. The Morgan fingerprint density at radius 2 is 1.33 bits per heavy atom. The van der Waals surface area contributed by atoms with Crippen LogP contribution < -0.4 is 10.6 Å². The first kappa shape index (κ1) is 24.8. The minimum atomic E-state index is -2.39. The van der Waals surface area contributed by atoms with Crippen LogP contribution in [0.15, 0.2) is 5.16 Å². The van der Waals surface area contributed by atoms with Crippen LogP contribution in [0.4, 0.5) is 11.9 Å². The van der Waals surface area contributed by atoms with Crippen molar-refractivity contribution in [2.75, 3.05) is 17.2 Å². The van der Waals surface area contributed by atoms with Gasteiger partial charge in [-0.1, -0.05) is 0 Å². The van der Waals surface area contributed by atoms with Gasteiger partial charge in [0, 0.05) is 0 Å². The molecule has 1 aromatic rings. The average Bonchev–Trinajstić information content (AvgIpc) is 2.62. The Kier molecular flexibility index (Phi) is 12.7. The monoisotopic (exact) mass is 503 g/mol. The van der Waals surface area contributed by atoms with Crippen molar-refractivity contribution in [3.63, 3.8) is 0 Å². The summed E-state index contributed by atoms with van der Waals surface area (Å²) in [5.74, 6) is 1.42. The van der Waals surface area contributed by atoms with Crippen molar-refractivity contribution in [2.45, 2.75) is 105 Å². The Bertz CT molecular complexity index is 505. The molecule has 0 aliphatic heterocycles. The number of rotatable bonds is 15. The first-order chi connectivity index (χ1) is 13.0. The van der Waals surface area contributed by atoms with Crippen LogP contribution in [-0.2, 0) is 0 Å². The Balaban J connectivity index is 3.15. The predicted molar refractivity (Wildman–Crippen MR) is 124 cm³/mol. The topological polar surface area (TPSA) is 62.7 Å². The molecule has 0 bridgehead atoms. The van der Waals surface area contributed by atoms with Crippen LogP contribution in [0.1, 0.15) is 80.1 Å². The first-order valence-electron chi connectivity index (χ1n) is 10.9. The second kappa shape index (κ2) is 13.9. The first-order valence-corrected chi connectivity index (χ1v) is 21.3. The molecule has 0 amide bonds. The number of nitrogens with one attached hydrogen (secondary N) is 2. The molecule has 1 rings (SSSR count). The van der Waals surface area contributed by atoms with Gasteiger partial charge in [-0.15, -0.1) is 0 Å². The van der Waals surface area contributed by atoms with Crippen LogP contribution >= 0.6 is 8.95 Å². The fraction of sp³-hybridized carbons (Fsp3) is 0.850. The van der Waals surface area contributed by atoms with Gasteiger partial charge in [0.25, 0.3) is 0 Å². The molecule has 27 heavy (non-hydrogen) atoms. The predicted octanol–water partition coefficient (Wildman–Crippen LogP) is 6.56. The Hall–Kier alpha value is -0.241. The van der Waals surface area contributed by atoms with Gasteiger partial charge in [-0.2, -0.15) is 0 Å². The van der Waals surface area contributed by atoms with Crippen molar-refractivity contribution in [3.05, 3.63) is 0 Å². The number of hydrogen-bond acceptors (Lipinski definition) is 6. The third-order valence-corrected chi connectivity index (χ3v) is 25.6. The standard InChI is InChI=1S/C8H15N5S.3C4H9.Sn/c1-4-9-6-11-7(10-5(2)3)13-8(14)12-6;3*1-3-4-2;/h5H,4H2,1-3H3,(H3,9,10,11,12,13,14);3*1,3-4H2,2H3;/q;;;;+1/p-1. The fourth-order valence-electron chi connectivity index (χ4n) is 3.18. The van der Waals surface area contributed by atoms with Crippen molar-refractivity contribution < 1.29 is 0 Å². The fourth-order valence-corrected chi connectivity index (χ4v) is 24.4. The van der Waals surface area contributed by atoms with Gasteiger partial charge in [-0.25, -0.2) is 0 Å². The summed E-state index contributed by atoms with van der Waals surface area (Å²) >= 11 is -2.39. The summed E-state index contributed by atoms with van der Waals surface area (Å²) in [7, 11) is 2.11. The van der Waals surface area contributed by atoms with Crippen LogP contribution in [0, 0.1) is 0 Å². The summed E-state index contributed by atoms with van der Waals surface area (Å²) < 4.78 is 4.35. The molecule has 0 saturated heterocycles. The molecule has 2 N–H and O–H groups in total. The number of aromatic nitrogens is 3. The van der Waals surface area contributed by atoms with Gasteiger partial charge in [0.2, 0.25) is 0 Å². The van der Waals surface area contributed by atoms with E-state index in [2.05, 4.69) is 66.1 Å². The van der Waals surface area contributed by atoms with Crippen molar-refractivity contribution in [2.24, 2.45) is 0 Å². The third-order valence-electron chi connectivity index (χ3n) is 4.63. The zero-order valence-electron chi connectivity index (χ0n) is 18.4. The number of anilines is 2. The molecule has 7 heteroatoms. The minimum absolute atomic E-state index is 0.313. The molecule has 1 aromatic heterocycles. The van der Waals surface area contributed by atoms with E-state index >= 15 is 0 Å². The average molecular weight is 502 g/mol. The van der Waals surface area contributed by atoms with Crippen LogP contribution in [0.3, 0.4) is 0 Å². The molecule has 0 aliphatic carbocycles. The summed E-state index contributed by atoms with van der Waals surface area (Å²) in [6.45, 7) is 14.1. The van der Waals surface area contributed by atoms with Crippen molar-refractivity contribution >= 4 is 37.8 Å². The summed E-state index contributed by atoms with van der Waals surface area (Å²) in [5, 5.41) is 7.60. The normalized spacial score (nSPS) is 11.8. The zero-order chi connectivity index (χ0) is 20.1. The van der Waals surface area contributed by atoms with Gasteiger partial charge >= 0.3 is 175 Å². The van der Waals surface area contributed by atoms with Gasteiger partial charge < -0.3 is 0 Å². The van der Waals surface area contributed by atoms with Crippen molar-refractivity contribution in [3.8, 4) is 0 Å². The molecule has 5 nitrogen and oxygen atoms in total. The Morgan fingerprint density at radius 1 is 0.815 bits per heavy atom. The van der Waals surface area contributed by atoms with Crippen molar-refractivity contribution in [1.82, 2.24) is 15.0 Å². The number of unbranched alkanes of at least 4 members (excludes halogenated alkanes) is 3. The van der Waals surface area contributed by atoms with Crippen molar-refractivity contribution in [1.29, 1.82) is 0 Å². The van der Waals surface area contributed by atoms with Gasteiger partial charge in [-0.05, 0) is 0 Å². The maximum absolute atomic E-state index is 4.81. The summed E-state index contributed by atoms with van der Waals surface area (Å²) in [4.78, 5) is 14.1. The summed E-state index contributed by atoms with van der Waals surface area (Å²) in [6.07, 6.45) is 7.95. The van der Waals surface area contributed by atoms with E-state index in [0.717, 1.165) is 11.7 Å². The Labute approximate surface area is 174 Å². The molecular weight excluding hydrogens is 461 g/mol. The van der Waals surface area contributed by atoms with E-state index in [4.69, 9.17) is 9.97 Å². The van der Waals surface area contributed by atoms with Gasteiger partial charge in [-0.3, -0.25) is 0 Å². The van der Waals surface area contributed by atoms with Crippen LogP contribution in [0.2, 0.25) is 13.3 Å². The molecule has 1 heterocycles. The molecule has 0 saturated carbocycles. The van der Waals surface area contributed by atoms with Crippen LogP contribution in [0.5, 0.6) is 0 Å². The second-order valence-corrected chi connectivity index (χ2v) is 26.9. The van der Waals surface area contributed by atoms with E-state index in [0.29, 0.717) is 17.9 Å². The van der Waals surface area contributed by atoms with E-state index < -0.39 is 17.0 Å². The third kappa shape index (κ3) is 9.68. The molecule has 0 radical (unpaired) electrons. The number of hydrogen-bond donors (Lipinski definition) is 2. The summed E-state index contributed by atoms with van der Waals surface area (Å²) in [6, 6.07) is 0.313. The van der Waals surface area contributed by atoms with Crippen LogP contribution in [0.25, 0.3) is 0 Å². The number of nitrogens with zero attached hydrogens (tertiary/aromatic N) is 3. The zero-order valence-corrected chi connectivity index (χ0v) is 22.1. The quantitative estimate of drug-likeness (QED) is 0.265. The SMILES string of the molecule is CCC[CH2][Sn]([CH2]CCC)([CH2]CCC)[S]c1nc(NCC)nc(NC(C)C)n1. The van der Waals surface area contributed by atoms with E-state index in [1.54, 1.807) is 0 Å². The van der Waals surface area contributed by atoms with Gasteiger partial charge in [0.1, 0.15) is 0 Å². The Morgan fingerprint density at radius 3 is 1.78 bits per heavy atom. The van der Waals surface area contributed by atoms with E-state index in [-0.39, 0.29) is 0 Å². The summed E-state index contributed by atoms with van der Waals surface area (Å²) in [5.41, 5.74) is 0.